The minimum atomic E-state index is -1.09. The summed E-state index contributed by atoms with van der Waals surface area (Å²) in [6.45, 7) is 4.43. The molecule has 3 N–H and O–H groups in total. The van der Waals surface area contributed by atoms with Gasteiger partial charge in [-0.3, -0.25) is 19.9 Å². The zero-order chi connectivity index (χ0) is 17.0. The van der Waals surface area contributed by atoms with Crippen molar-refractivity contribution in [1.82, 2.24) is 15.5 Å². The summed E-state index contributed by atoms with van der Waals surface area (Å²) >= 11 is 5.95. The van der Waals surface area contributed by atoms with Crippen molar-refractivity contribution in [2.45, 2.75) is 38.8 Å². The molecule has 124 valence electrons. The molecule has 0 aromatic heterocycles. The predicted octanol–water partition coefficient (Wildman–Crippen LogP) is 1.88. The summed E-state index contributed by atoms with van der Waals surface area (Å²) in [6, 6.07) is 7.15. The van der Waals surface area contributed by atoms with Crippen LogP contribution in [0, 0.1) is 5.41 Å². The Morgan fingerprint density at radius 1 is 1.48 bits per heavy atom. The number of rotatable bonds is 6. The molecule has 1 fully saturated rings. The second-order valence-electron chi connectivity index (χ2n) is 5.85. The number of amides is 2. The lowest BCUT2D eigenvalue weighted by Gasteiger charge is -2.21. The van der Waals surface area contributed by atoms with Crippen LogP contribution in [-0.4, -0.2) is 34.8 Å². The van der Waals surface area contributed by atoms with Gasteiger partial charge in [0.05, 0.1) is 13.0 Å². The number of hydrogen-bond donors (Lipinski definition) is 3. The van der Waals surface area contributed by atoms with Crippen molar-refractivity contribution in [3.63, 3.8) is 0 Å². The quantitative estimate of drug-likeness (QED) is 0.741. The second-order valence-corrected chi connectivity index (χ2v) is 6.29. The lowest BCUT2D eigenvalue weighted by Crippen LogP contribution is -2.47. The molecule has 6 nitrogen and oxygen atoms in total. The number of benzene rings is 1. The summed E-state index contributed by atoms with van der Waals surface area (Å²) in [5.41, 5.74) is -0.259. The van der Waals surface area contributed by atoms with E-state index in [-0.39, 0.29) is 30.7 Å². The van der Waals surface area contributed by atoms with E-state index in [0.29, 0.717) is 11.6 Å². The molecule has 0 spiro atoms. The first-order valence-electron chi connectivity index (χ1n) is 7.55. The number of nitrogens with zero attached hydrogens (tertiary/aromatic N) is 1. The highest BCUT2D eigenvalue weighted by molar-refractivity contribution is 6.30. The fraction of sp³-hybridized carbons (Fsp3) is 0.438. The molecule has 1 saturated heterocycles. The van der Waals surface area contributed by atoms with Crippen LogP contribution in [0.4, 0.5) is 0 Å². The van der Waals surface area contributed by atoms with E-state index in [4.69, 9.17) is 17.0 Å². The molecule has 1 heterocycles. The van der Waals surface area contributed by atoms with Crippen molar-refractivity contribution in [3.8, 4) is 0 Å². The minimum Gasteiger partial charge on any atom is -0.356 e. The molecule has 0 aliphatic carbocycles. The Bertz CT molecular complexity index is 634. The molecule has 1 atom stereocenters. The van der Waals surface area contributed by atoms with Crippen LogP contribution in [0.25, 0.3) is 0 Å². The first-order valence-corrected chi connectivity index (χ1v) is 7.93. The highest BCUT2D eigenvalue weighted by atomic mass is 35.5. The molecule has 1 aromatic rings. The smallest absolute Gasteiger partial charge is 0.255 e. The highest BCUT2D eigenvalue weighted by Crippen LogP contribution is 2.23. The van der Waals surface area contributed by atoms with E-state index in [1.54, 1.807) is 25.1 Å². The van der Waals surface area contributed by atoms with E-state index in [1.165, 1.54) is 4.90 Å². The average molecular weight is 337 g/mol. The lowest BCUT2D eigenvalue weighted by atomic mass is 9.97. The molecule has 2 amide bonds. The van der Waals surface area contributed by atoms with Crippen molar-refractivity contribution in [1.29, 1.82) is 5.41 Å². The van der Waals surface area contributed by atoms with Gasteiger partial charge < -0.3 is 10.6 Å². The lowest BCUT2D eigenvalue weighted by molar-refractivity contribution is -0.134. The van der Waals surface area contributed by atoms with Gasteiger partial charge in [-0.05, 0) is 31.0 Å². The zero-order valence-electron chi connectivity index (χ0n) is 13.3. The van der Waals surface area contributed by atoms with Crippen LogP contribution in [0.3, 0.4) is 0 Å². The van der Waals surface area contributed by atoms with Gasteiger partial charge in [-0.2, -0.15) is 0 Å². The number of carbonyl (C=O) groups excluding carboxylic acids is 2. The van der Waals surface area contributed by atoms with Gasteiger partial charge in [0.25, 0.3) is 5.91 Å². The number of halogens is 1. The first kappa shape index (κ1) is 17.3. The third-order valence-corrected chi connectivity index (χ3v) is 3.93. The predicted molar refractivity (Wildman–Crippen MR) is 89.2 cm³/mol. The Kier molecular flexibility index (Phi) is 5.26. The van der Waals surface area contributed by atoms with E-state index >= 15 is 0 Å². The van der Waals surface area contributed by atoms with E-state index < -0.39 is 5.54 Å². The van der Waals surface area contributed by atoms with E-state index in [9.17, 15) is 9.59 Å². The van der Waals surface area contributed by atoms with E-state index in [0.717, 1.165) is 12.0 Å². The van der Waals surface area contributed by atoms with Crippen LogP contribution in [-0.2, 0) is 16.1 Å². The van der Waals surface area contributed by atoms with E-state index in [1.807, 2.05) is 13.0 Å². The van der Waals surface area contributed by atoms with Crippen LogP contribution < -0.4 is 10.6 Å². The van der Waals surface area contributed by atoms with Gasteiger partial charge in [-0.15, -0.1) is 0 Å². The van der Waals surface area contributed by atoms with Crippen molar-refractivity contribution in [2.24, 2.45) is 0 Å². The van der Waals surface area contributed by atoms with Gasteiger partial charge >= 0.3 is 0 Å². The molecule has 1 aliphatic rings. The summed E-state index contributed by atoms with van der Waals surface area (Å²) in [4.78, 5) is 25.9. The van der Waals surface area contributed by atoms with Gasteiger partial charge in [0.2, 0.25) is 5.91 Å². The topological polar surface area (TPSA) is 85.3 Å². The van der Waals surface area contributed by atoms with Crippen LogP contribution in [0.15, 0.2) is 24.3 Å². The molecule has 0 saturated carbocycles. The van der Waals surface area contributed by atoms with Crippen LogP contribution in [0.5, 0.6) is 0 Å². The van der Waals surface area contributed by atoms with Crippen molar-refractivity contribution < 1.29 is 9.59 Å². The largest absolute Gasteiger partial charge is 0.356 e. The summed E-state index contributed by atoms with van der Waals surface area (Å²) < 4.78 is 0. The Morgan fingerprint density at radius 2 is 2.22 bits per heavy atom. The van der Waals surface area contributed by atoms with Gasteiger partial charge in [0.15, 0.2) is 5.96 Å². The summed E-state index contributed by atoms with van der Waals surface area (Å²) in [5, 5.41) is 14.2. The summed E-state index contributed by atoms with van der Waals surface area (Å²) in [7, 11) is 0. The average Bonchev–Trinajstić information content (AvgIpc) is 2.68. The third-order valence-electron chi connectivity index (χ3n) is 3.70. The number of hydrogen-bond acceptors (Lipinski definition) is 3. The second kappa shape index (κ2) is 7.00. The van der Waals surface area contributed by atoms with E-state index in [2.05, 4.69) is 10.6 Å². The standard InChI is InChI=1S/C16H21ClN4O2/c1-3-7-19-13(22)9-16(2)14(23)21(15(18)20-16)10-11-5-4-6-12(17)8-11/h4-6,8H,3,7,9-10H2,1-2H3,(H2,18,20)(H,19,22). The molecular weight excluding hydrogens is 316 g/mol. The van der Waals surface area contributed by atoms with Crippen LogP contribution in [0.1, 0.15) is 32.3 Å². The number of nitrogens with one attached hydrogen (secondary N) is 3. The molecule has 0 radical (unpaired) electrons. The molecule has 1 aliphatic heterocycles. The fourth-order valence-corrected chi connectivity index (χ4v) is 2.73. The van der Waals surface area contributed by atoms with Gasteiger partial charge in [-0.25, -0.2) is 0 Å². The summed E-state index contributed by atoms with van der Waals surface area (Å²) in [6.07, 6.45) is 0.834. The molecular formula is C16H21ClN4O2. The molecule has 23 heavy (non-hydrogen) atoms. The van der Waals surface area contributed by atoms with Gasteiger partial charge in [-0.1, -0.05) is 30.7 Å². The van der Waals surface area contributed by atoms with Crippen LogP contribution >= 0.6 is 11.6 Å². The number of carbonyl (C=O) groups is 2. The fourth-order valence-electron chi connectivity index (χ4n) is 2.52. The monoisotopic (exact) mass is 336 g/mol. The zero-order valence-corrected chi connectivity index (χ0v) is 14.0. The Hall–Kier alpha value is -2.08. The van der Waals surface area contributed by atoms with Gasteiger partial charge in [0.1, 0.15) is 5.54 Å². The maximum atomic E-state index is 12.6. The Labute approximate surface area is 140 Å². The van der Waals surface area contributed by atoms with Crippen molar-refractivity contribution >= 4 is 29.4 Å². The minimum absolute atomic E-state index is 0.000257. The highest BCUT2D eigenvalue weighted by Gasteiger charge is 2.47. The normalized spacial score (nSPS) is 20.6. The van der Waals surface area contributed by atoms with Gasteiger partial charge in [0, 0.05) is 11.6 Å². The molecule has 2 rings (SSSR count). The maximum absolute atomic E-state index is 12.6. The Morgan fingerprint density at radius 3 is 2.87 bits per heavy atom. The summed E-state index contributed by atoms with van der Waals surface area (Å²) in [5.74, 6) is -0.484. The van der Waals surface area contributed by atoms with Crippen molar-refractivity contribution in [3.05, 3.63) is 34.9 Å². The molecule has 0 bridgehead atoms. The SMILES string of the molecule is CCCNC(=O)CC1(C)NC(=N)N(Cc2cccc(Cl)c2)C1=O. The maximum Gasteiger partial charge on any atom is 0.255 e. The first-order chi connectivity index (χ1) is 10.9. The number of guanidine groups is 1. The molecule has 1 aromatic carbocycles. The third kappa shape index (κ3) is 4.01. The Balaban J connectivity index is 2.08. The van der Waals surface area contributed by atoms with Crippen molar-refractivity contribution in [2.75, 3.05) is 6.54 Å². The molecule has 1 unspecified atom stereocenters. The van der Waals surface area contributed by atoms with Crippen LogP contribution in [0.2, 0.25) is 5.02 Å². The molecule has 7 heteroatoms.